The minimum absolute atomic E-state index is 0.0566. The number of hydrogen-bond acceptors (Lipinski definition) is 10. The Morgan fingerprint density at radius 3 is 1.43 bits per heavy atom. The van der Waals surface area contributed by atoms with Gasteiger partial charge in [-0.2, -0.15) is 9.78 Å². The van der Waals surface area contributed by atoms with Crippen LogP contribution in [-0.2, 0) is 38.5 Å². The van der Waals surface area contributed by atoms with Gasteiger partial charge >= 0.3 is 12.3 Å². The molecule has 0 aliphatic carbocycles. The summed E-state index contributed by atoms with van der Waals surface area (Å²) < 4.78 is 19.2. The van der Waals surface area contributed by atoms with Crippen LogP contribution in [0, 0.1) is 0 Å². The van der Waals surface area contributed by atoms with E-state index in [0.29, 0.717) is 19.6 Å². The van der Waals surface area contributed by atoms with Gasteiger partial charge < -0.3 is 29.2 Å². The minimum Gasteiger partial charge on any atom is -0.450 e. The van der Waals surface area contributed by atoms with Crippen LogP contribution in [0.25, 0.3) is 0 Å². The molecule has 0 saturated carbocycles. The van der Waals surface area contributed by atoms with E-state index in [9.17, 15) is 9.59 Å². The summed E-state index contributed by atoms with van der Waals surface area (Å²) in [5.41, 5.74) is 0.554. The molecule has 0 aromatic heterocycles. The molecule has 0 aliphatic rings. The maximum Gasteiger partial charge on any atom is 0.508 e. The van der Waals surface area contributed by atoms with E-state index in [2.05, 4.69) is 22.6 Å². The molecule has 2 atom stereocenters. The molecule has 0 rings (SSSR count). The number of ether oxygens (including phenoxy) is 4. The molecule has 0 aromatic rings. The zero-order valence-electron chi connectivity index (χ0n) is 22.1. The Labute approximate surface area is 207 Å². The first-order valence-electron chi connectivity index (χ1n) is 10.9. The maximum absolute atomic E-state index is 10.5. The van der Waals surface area contributed by atoms with Crippen molar-refractivity contribution in [1.82, 2.24) is 0 Å². The lowest BCUT2D eigenvalue weighted by Gasteiger charge is -2.24. The third-order valence-corrected chi connectivity index (χ3v) is 3.31. The standard InChI is InChI=1S/C12H22O6.C11H20O6/c1-6-12(4,5)18-17-10(16-11(13)14)8-15-7-9(2)3;1-8(2)6-14-7-9(15-10(12)13)16-17-11(3,4)5/h10H,2,6-8H2,1,3-5H3,(H,13,14);9H,1,6-7H2,2-5H3,(H,12,13). The van der Waals surface area contributed by atoms with Crippen molar-refractivity contribution in [3.63, 3.8) is 0 Å². The molecule has 2 N–H and O–H groups in total. The lowest BCUT2D eigenvalue weighted by molar-refractivity contribution is -0.416. The highest BCUT2D eigenvalue weighted by Gasteiger charge is 2.23. The SMILES string of the molecule is C=C(C)COCC(OOC(C)(C)C)OC(=O)O.C=C(C)COCC(OOC(C)(C)CC)OC(=O)O. The van der Waals surface area contributed by atoms with Crippen LogP contribution < -0.4 is 0 Å². The molecule has 0 bridgehead atoms. The topological polar surface area (TPSA) is 148 Å². The molecular formula is C23H42O12. The molecule has 12 nitrogen and oxygen atoms in total. The summed E-state index contributed by atoms with van der Waals surface area (Å²) in [4.78, 5) is 40.7. The van der Waals surface area contributed by atoms with Crippen LogP contribution in [0.15, 0.2) is 24.3 Å². The van der Waals surface area contributed by atoms with Crippen LogP contribution in [0.5, 0.6) is 0 Å². The monoisotopic (exact) mass is 510 g/mol. The number of rotatable bonds is 16. The molecule has 0 radical (unpaired) electrons. The van der Waals surface area contributed by atoms with Gasteiger partial charge in [0, 0.05) is 0 Å². The average molecular weight is 511 g/mol. The summed E-state index contributed by atoms with van der Waals surface area (Å²) in [6, 6.07) is 0. The van der Waals surface area contributed by atoms with Gasteiger partial charge in [0.25, 0.3) is 12.6 Å². The van der Waals surface area contributed by atoms with Crippen molar-refractivity contribution in [3.05, 3.63) is 24.3 Å². The van der Waals surface area contributed by atoms with Crippen molar-refractivity contribution in [2.75, 3.05) is 26.4 Å². The molecule has 12 heteroatoms. The molecule has 2 unspecified atom stereocenters. The van der Waals surface area contributed by atoms with Crippen LogP contribution in [0.4, 0.5) is 9.59 Å². The minimum atomic E-state index is -1.45. The van der Waals surface area contributed by atoms with E-state index < -0.39 is 36.1 Å². The fraction of sp³-hybridized carbons (Fsp3) is 0.739. The normalized spacial score (nSPS) is 13.1. The van der Waals surface area contributed by atoms with E-state index in [0.717, 1.165) is 11.1 Å². The Balaban J connectivity index is 0. The molecule has 0 heterocycles. The predicted molar refractivity (Wildman–Crippen MR) is 126 cm³/mol. The van der Waals surface area contributed by atoms with Crippen molar-refractivity contribution in [2.24, 2.45) is 0 Å². The summed E-state index contributed by atoms with van der Waals surface area (Å²) >= 11 is 0. The second-order valence-electron chi connectivity index (χ2n) is 9.16. The lowest BCUT2D eigenvalue weighted by atomic mass is 10.1. The summed E-state index contributed by atoms with van der Waals surface area (Å²) in [6.45, 7) is 22.2. The first kappa shape index (κ1) is 34.9. The molecule has 0 saturated heterocycles. The fourth-order valence-electron chi connectivity index (χ4n) is 1.49. The largest absolute Gasteiger partial charge is 0.508 e. The predicted octanol–water partition coefficient (Wildman–Crippen LogP) is 5.08. The van der Waals surface area contributed by atoms with Crippen molar-refractivity contribution in [2.45, 2.75) is 85.6 Å². The van der Waals surface area contributed by atoms with Gasteiger partial charge in [-0.1, -0.05) is 31.2 Å². The number of carboxylic acid groups (broad SMARTS) is 2. The summed E-state index contributed by atoms with van der Waals surface area (Å²) in [7, 11) is 0. The van der Waals surface area contributed by atoms with Gasteiger partial charge in [0.1, 0.15) is 13.2 Å². The van der Waals surface area contributed by atoms with Crippen LogP contribution in [0.1, 0.15) is 61.8 Å². The Morgan fingerprint density at radius 1 is 0.771 bits per heavy atom. The highest BCUT2D eigenvalue weighted by Crippen LogP contribution is 2.15. The highest BCUT2D eigenvalue weighted by molar-refractivity contribution is 5.57. The molecule has 0 fully saturated rings. The number of carbonyl (C=O) groups is 2. The van der Waals surface area contributed by atoms with Crippen LogP contribution in [0.2, 0.25) is 0 Å². The summed E-state index contributed by atoms with van der Waals surface area (Å²) in [5, 5.41) is 17.0. The zero-order valence-corrected chi connectivity index (χ0v) is 22.1. The third-order valence-electron chi connectivity index (χ3n) is 3.31. The van der Waals surface area contributed by atoms with Gasteiger partial charge in [0.15, 0.2) is 0 Å². The molecule has 0 aromatic carbocycles. The van der Waals surface area contributed by atoms with Crippen LogP contribution >= 0.6 is 0 Å². The van der Waals surface area contributed by atoms with E-state index in [-0.39, 0.29) is 13.2 Å². The van der Waals surface area contributed by atoms with E-state index in [1.165, 1.54) is 0 Å². The van der Waals surface area contributed by atoms with Crippen molar-refractivity contribution < 1.29 is 58.3 Å². The van der Waals surface area contributed by atoms with Gasteiger partial charge in [-0.25, -0.2) is 19.4 Å². The first-order chi connectivity index (χ1) is 16.0. The zero-order chi connectivity index (χ0) is 27.7. The molecule has 206 valence electrons. The smallest absolute Gasteiger partial charge is 0.450 e. The van der Waals surface area contributed by atoms with Gasteiger partial charge in [-0.15, -0.1) is 0 Å². The molecular weight excluding hydrogens is 468 g/mol. The van der Waals surface area contributed by atoms with E-state index in [1.54, 1.807) is 34.6 Å². The second-order valence-corrected chi connectivity index (χ2v) is 9.16. The van der Waals surface area contributed by atoms with Crippen molar-refractivity contribution in [3.8, 4) is 0 Å². The Hall–Kier alpha value is -2.22. The fourth-order valence-corrected chi connectivity index (χ4v) is 1.49. The Morgan fingerprint density at radius 2 is 1.14 bits per heavy atom. The van der Waals surface area contributed by atoms with Crippen molar-refractivity contribution in [1.29, 1.82) is 0 Å². The molecule has 0 spiro atoms. The average Bonchev–Trinajstić information content (AvgIpc) is 2.68. The van der Waals surface area contributed by atoms with Crippen LogP contribution in [0.3, 0.4) is 0 Å². The van der Waals surface area contributed by atoms with Crippen LogP contribution in [-0.4, -0.2) is 72.7 Å². The maximum atomic E-state index is 10.5. The lowest BCUT2D eigenvalue weighted by Crippen LogP contribution is -2.32. The van der Waals surface area contributed by atoms with E-state index in [1.807, 2.05) is 20.8 Å². The molecule has 0 aliphatic heterocycles. The van der Waals surface area contributed by atoms with Gasteiger partial charge in [0.05, 0.1) is 24.4 Å². The first-order valence-corrected chi connectivity index (χ1v) is 10.9. The highest BCUT2D eigenvalue weighted by atomic mass is 17.2. The Kier molecular flexibility index (Phi) is 18.1. The van der Waals surface area contributed by atoms with Crippen molar-refractivity contribution >= 4 is 12.3 Å². The third kappa shape index (κ3) is 26.2. The van der Waals surface area contributed by atoms with Gasteiger partial charge in [0.2, 0.25) is 0 Å². The number of hydrogen-bond donors (Lipinski definition) is 2. The summed E-state index contributed by atoms with van der Waals surface area (Å²) in [5.74, 6) is 0. The van der Waals surface area contributed by atoms with Gasteiger partial charge in [-0.05, 0) is 54.9 Å². The van der Waals surface area contributed by atoms with E-state index >= 15 is 0 Å². The van der Waals surface area contributed by atoms with E-state index in [4.69, 9.17) is 39.2 Å². The quantitative estimate of drug-likeness (QED) is 0.0937. The Bertz CT molecular complexity index is 639. The van der Waals surface area contributed by atoms with Gasteiger partial charge in [-0.3, -0.25) is 0 Å². The molecule has 35 heavy (non-hydrogen) atoms. The second kappa shape index (κ2) is 18.1. The molecule has 0 amide bonds. The summed E-state index contributed by atoms with van der Waals surface area (Å²) in [6.07, 6.45) is -4.43.